The summed E-state index contributed by atoms with van der Waals surface area (Å²) in [6.45, 7) is 4.08. The molecule has 4 aromatic rings. The third kappa shape index (κ3) is 4.77. The molecule has 0 bridgehead atoms. The van der Waals surface area contributed by atoms with E-state index in [1.165, 1.54) is 3.97 Å². The summed E-state index contributed by atoms with van der Waals surface area (Å²) in [6, 6.07) is 27.8. The van der Waals surface area contributed by atoms with Crippen molar-refractivity contribution in [2.24, 2.45) is 0 Å². The third-order valence-corrected chi connectivity index (χ3v) is 6.98. The van der Waals surface area contributed by atoms with Crippen LogP contribution in [-0.4, -0.2) is 12.4 Å². The van der Waals surface area contributed by atoms with Crippen molar-refractivity contribution in [2.45, 2.75) is 25.3 Å². The van der Waals surface area contributed by atoms with Gasteiger partial charge in [0.05, 0.1) is 4.90 Å². The Hall–Kier alpha value is -3.75. The Balaban J connectivity index is 1.44. The average molecular weight is 442 g/mol. The third-order valence-electron chi connectivity index (χ3n) is 5.05. The van der Waals surface area contributed by atoms with Crippen LogP contribution in [0.1, 0.15) is 28.1 Å². The maximum Gasteiger partial charge on any atom is 0.268 e. The fourth-order valence-corrected chi connectivity index (χ4v) is 4.94. The van der Waals surface area contributed by atoms with Crippen LogP contribution in [0.25, 0.3) is 0 Å². The van der Waals surface area contributed by atoms with Gasteiger partial charge < -0.3 is 4.74 Å². The molecular formula is C27H23NO3S. The summed E-state index contributed by atoms with van der Waals surface area (Å²) >= 11 is 0. The van der Waals surface area contributed by atoms with Gasteiger partial charge >= 0.3 is 0 Å². The Labute approximate surface area is 189 Å². The number of hydrogen-bond acceptors (Lipinski definition) is 3. The first-order valence-electron chi connectivity index (χ1n) is 10.2. The number of aromatic nitrogens is 1. The summed E-state index contributed by atoms with van der Waals surface area (Å²) in [4.78, 5) is 0.241. The van der Waals surface area contributed by atoms with Gasteiger partial charge in [-0.1, -0.05) is 42.2 Å². The van der Waals surface area contributed by atoms with Gasteiger partial charge in [0.25, 0.3) is 10.0 Å². The Kier molecular flexibility index (Phi) is 6.16. The van der Waals surface area contributed by atoms with Crippen molar-refractivity contribution >= 4 is 10.0 Å². The van der Waals surface area contributed by atoms with Crippen LogP contribution in [0, 0.1) is 25.7 Å². The van der Waals surface area contributed by atoms with Crippen LogP contribution in [0.3, 0.4) is 0 Å². The zero-order chi connectivity index (χ0) is 22.6. The molecule has 0 saturated heterocycles. The monoisotopic (exact) mass is 441 g/mol. The van der Waals surface area contributed by atoms with E-state index in [-0.39, 0.29) is 4.90 Å². The van der Waals surface area contributed by atoms with Crippen LogP contribution in [0.4, 0.5) is 0 Å². The molecule has 0 spiro atoms. The molecule has 0 radical (unpaired) electrons. The molecule has 0 N–H and O–H groups in total. The first kappa shape index (κ1) is 21.5. The van der Waals surface area contributed by atoms with Crippen molar-refractivity contribution < 1.29 is 13.2 Å². The van der Waals surface area contributed by atoms with Crippen molar-refractivity contribution in [1.82, 2.24) is 3.97 Å². The quantitative estimate of drug-likeness (QED) is 0.394. The molecule has 1 aromatic heterocycles. The second kappa shape index (κ2) is 9.17. The lowest BCUT2D eigenvalue weighted by molar-refractivity contribution is 0.306. The second-order valence-corrected chi connectivity index (χ2v) is 9.25. The molecule has 0 saturated carbocycles. The number of ether oxygens (including phenoxy) is 1. The Morgan fingerprint density at radius 3 is 1.81 bits per heavy atom. The van der Waals surface area contributed by atoms with Gasteiger partial charge in [-0.05, 0) is 80.1 Å². The van der Waals surface area contributed by atoms with E-state index in [1.54, 1.807) is 50.2 Å². The number of rotatable bonds is 5. The Morgan fingerprint density at radius 2 is 1.25 bits per heavy atom. The van der Waals surface area contributed by atoms with Gasteiger partial charge in [-0.25, -0.2) is 12.4 Å². The molecule has 0 aliphatic carbocycles. The van der Waals surface area contributed by atoms with E-state index < -0.39 is 10.0 Å². The topological polar surface area (TPSA) is 48.3 Å². The maximum absolute atomic E-state index is 12.9. The predicted molar refractivity (Wildman–Crippen MR) is 126 cm³/mol. The van der Waals surface area contributed by atoms with Crippen LogP contribution in [0.2, 0.25) is 0 Å². The normalized spacial score (nSPS) is 10.9. The molecule has 0 atom stereocenters. The van der Waals surface area contributed by atoms with Gasteiger partial charge in [-0.3, -0.25) is 0 Å². The van der Waals surface area contributed by atoms with Crippen molar-refractivity contribution in [3.8, 4) is 17.6 Å². The van der Waals surface area contributed by atoms with E-state index in [9.17, 15) is 8.42 Å². The molecule has 4 nitrogen and oxygen atoms in total. The summed E-state index contributed by atoms with van der Waals surface area (Å²) in [5.41, 5.74) is 4.08. The highest BCUT2D eigenvalue weighted by atomic mass is 32.2. The zero-order valence-corrected chi connectivity index (χ0v) is 18.8. The van der Waals surface area contributed by atoms with Crippen LogP contribution < -0.4 is 4.74 Å². The van der Waals surface area contributed by atoms with Crippen molar-refractivity contribution in [2.75, 3.05) is 0 Å². The van der Waals surface area contributed by atoms with Crippen molar-refractivity contribution in [1.29, 1.82) is 0 Å². The minimum Gasteiger partial charge on any atom is -0.489 e. The molecule has 1 heterocycles. The van der Waals surface area contributed by atoms with Crippen molar-refractivity contribution in [3.63, 3.8) is 0 Å². The highest BCUT2D eigenvalue weighted by molar-refractivity contribution is 7.90. The summed E-state index contributed by atoms with van der Waals surface area (Å²) in [7, 11) is -3.62. The second-order valence-electron chi connectivity index (χ2n) is 7.46. The molecule has 0 fully saturated rings. The average Bonchev–Trinajstić information content (AvgIpc) is 3.16. The lowest BCUT2D eigenvalue weighted by Gasteiger charge is -2.10. The van der Waals surface area contributed by atoms with Gasteiger partial charge in [0.1, 0.15) is 12.4 Å². The lowest BCUT2D eigenvalue weighted by Crippen LogP contribution is -2.15. The largest absolute Gasteiger partial charge is 0.489 e. The van der Waals surface area contributed by atoms with Gasteiger partial charge in [0.2, 0.25) is 0 Å². The molecule has 0 amide bonds. The zero-order valence-electron chi connectivity index (χ0n) is 17.9. The minimum atomic E-state index is -3.62. The molecule has 0 unspecified atom stereocenters. The summed E-state index contributed by atoms with van der Waals surface area (Å²) in [5.74, 6) is 6.97. The van der Waals surface area contributed by atoms with E-state index >= 15 is 0 Å². The molecule has 0 aliphatic heterocycles. The highest BCUT2D eigenvalue weighted by Crippen LogP contribution is 2.20. The van der Waals surface area contributed by atoms with Crippen LogP contribution in [-0.2, 0) is 16.6 Å². The fraction of sp³-hybridized carbons (Fsp3) is 0.111. The highest BCUT2D eigenvalue weighted by Gasteiger charge is 2.19. The minimum absolute atomic E-state index is 0.241. The van der Waals surface area contributed by atoms with E-state index in [4.69, 9.17) is 4.74 Å². The molecule has 5 heteroatoms. The first-order valence-corrected chi connectivity index (χ1v) is 11.7. The summed E-state index contributed by atoms with van der Waals surface area (Å²) in [6.07, 6.45) is 0. The van der Waals surface area contributed by atoms with Crippen LogP contribution in [0.15, 0.2) is 95.9 Å². The van der Waals surface area contributed by atoms with Gasteiger partial charge in [-0.15, -0.1) is 0 Å². The molecule has 32 heavy (non-hydrogen) atoms. The van der Waals surface area contributed by atoms with Gasteiger partial charge in [0.15, 0.2) is 0 Å². The fourth-order valence-electron chi connectivity index (χ4n) is 3.37. The van der Waals surface area contributed by atoms with Crippen LogP contribution in [0.5, 0.6) is 5.75 Å². The van der Waals surface area contributed by atoms with E-state index in [0.717, 1.165) is 22.4 Å². The summed E-state index contributed by atoms with van der Waals surface area (Å²) < 4.78 is 33.0. The number of hydrogen-bond donors (Lipinski definition) is 0. The van der Waals surface area contributed by atoms with Gasteiger partial charge in [-0.2, -0.15) is 0 Å². The summed E-state index contributed by atoms with van der Waals surface area (Å²) in [5, 5.41) is 0. The van der Waals surface area contributed by atoms with E-state index in [1.807, 2.05) is 54.6 Å². The molecule has 0 aliphatic rings. The Bertz CT molecular complexity index is 1350. The molecule has 160 valence electrons. The molecular weight excluding hydrogens is 418 g/mol. The van der Waals surface area contributed by atoms with E-state index in [2.05, 4.69) is 11.8 Å². The lowest BCUT2D eigenvalue weighted by atomic mass is 10.2. The number of aryl methyl sites for hydroxylation is 2. The standard InChI is InChI=1S/C27H23NO3S/c1-21-8-9-22(2)28(21)32(29,30)27-18-14-24(15-19-27)11-10-23-12-16-26(17-13-23)31-20-25-6-4-3-5-7-25/h3-9,12-19H,20H2,1-2H3. The van der Waals surface area contributed by atoms with E-state index in [0.29, 0.717) is 18.0 Å². The molecule has 3 aromatic carbocycles. The molecule has 4 rings (SSSR count). The van der Waals surface area contributed by atoms with Crippen LogP contribution >= 0.6 is 0 Å². The SMILES string of the molecule is Cc1ccc(C)n1S(=O)(=O)c1ccc(C#Cc2ccc(OCc3ccccc3)cc2)cc1. The number of benzene rings is 3. The van der Waals surface area contributed by atoms with Crippen molar-refractivity contribution in [3.05, 3.63) is 119 Å². The Morgan fingerprint density at radius 1 is 0.719 bits per heavy atom. The smallest absolute Gasteiger partial charge is 0.268 e. The maximum atomic E-state index is 12.9. The number of nitrogens with zero attached hydrogens (tertiary/aromatic N) is 1. The predicted octanol–water partition coefficient (Wildman–Crippen LogP) is 5.32. The van der Waals surface area contributed by atoms with Gasteiger partial charge in [0, 0.05) is 22.5 Å². The first-order chi connectivity index (χ1) is 15.4.